The van der Waals surface area contributed by atoms with Crippen LogP contribution in [0.3, 0.4) is 0 Å². The lowest BCUT2D eigenvalue weighted by Gasteiger charge is -2.28. The molecular weight excluding hydrogens is 436 g/mol. The number of carbonyl (C=O) groups excluding carboxylic acids is 1. The summed E-state index contributed by atoms with van der Waals surface area (Å²) >= 11 is 1.54. The monoisotopic (exact) mass is 462 g/mol. The Bertz CT molecular complexity index is 1170. The van der Waals surface area contributed by atoms with Crippen LogP contribution in [0.5, 0.6) is 5.75 Å². The fourth-order valence-electron chi connectivity index (χ4n) is 3.64. The molecule has 4 rings (SSSR count). The van der Waals surface area contributed by atoms with Gasteiger partial charge < -0.3 is 14.8 Å². The van der Waals surface area contributed by atoms with Crippen molar-refractivity contribution in [1.82, 2.24) is 14.8 Å². The number of ether oxygens (including phenoxy) is 2. The van der Waals surface area contributed by atoms with Crippen LogP contribution in [0.4, 0.5) is 5.95 Å². The SMILES string of the molecule is C=CCOC(=O)C1=C(C)Nc2nc(SCc3ccccc3)nn2C1c1cccc(OCC)c1. The Morgan fingerprint density at radius 3 is 2.82 bits per heavy atom. The van der Waals surface area contributed by atoms with Crippen molar-refractivity contribution >= 4 is 23.7 Å². The Morgan fingerprint density at radius 1 is 1.24 bits per heavy atom. The maximum Gasteiger partial charge on any atom is 0.338 e. The number of rotatable bonds is 9. The van der Waals surface area contributed by atoms with E-state index in [1.807, 2.05) is 56.3 Å². The number of benzene rings is 2. The Morgan fingerprint density at radius 2 is 2.06 bits per heavy atom. The van der Waals surface area contributed by atoms with Crippen LogP contribution in [-0.2, 0) is 15.3 Å². The number of hydrogen-bond acceptors (Lipinski definition) is 7. The molecule has 2 aromatic carbocycles. The fourth-order valence-corrected chi connectivity index (χ4v) is 4.43. The molecule has 8 heteroatoms. The zero-order valence-corrected chi connectivity index (χ0v) is 19.5. The number of hydrogen-bond donors (Lipinski definition) is 1. The second kappa shape index (κ2) is 10.4. The molecule has 0 amide bonds. The first-order chi connectivity index (χ1) is 16.1. The summed E-state index contributed by atoms with van der Waals surface area (Å²) in [5.41, 5.74) is 3.20. The van der Waals surface area contributed by atoms with Crippen LogP contribution in [0.2, 0.25) is 0 Å². The topological polar surface area (TPSA) is 78.3 Å². The minimum atomic E-state index is -0.502. The number of anilines is 1. The highest BCUT2D eigenvalue weighted by atomic mass is 32.2. The molecule has 0 saturated heterocycles. The Balaban J connectivity index is 1.71. The van der Waals surface area contributed by atoms with E-state index in [4.69, 9.17) is 14.6 Å². The third-order valence-electron chi connectivity index (χ3n) is 5.08. The van der Waals surface area contributed by atoms with E-state index in [2.05, 4.69) is 29.0 Å². The van der Waals surface area contributed by atoms with Gasteiger partial charge in [-0.15, -0.1) is 5.10 Å². The summed E-state index contributed by atoms with van der Waals surface area (Å²) in [6, 6.07) is 17.3. The molecule has 0 saturated carbocycles. The lowest BCUT2D eigenvalue weighted by atomic mass is 9.95. The van der Waals surface area contributed by atoms with Crippen molar-refractivity contribution < 1.29 is 14.3 Å². The molecule has 0 bridgehead atoms. The average molecular weight is 463 g/mol. The van der Waals surface area contributed by atoms with E-state index < -0.39 is 12.0 Å². The lowest BCUT2D eigenvalue weighted by molar-refractivity contribution is -0.138. The van der Waals surface area contributed by atoms with Gasteiger partial charge in [0.15, 0.2) is 0 Å². The highest BCUT2D eigenvalue weighted by Gasteiger charge is 2.35. The molecule has 2 heterocycles. The van der Waals surface area contributed by atoms with Crippen LogP contribution >= 0.6 is 11.8 Å². The molecule has 1 aliphatic heterocycles. The predicted octanol–water partition coefficient (Wildman–Crippen LogP) is 4.99. The van der Waals surface area contributed by atoms with Gasteiger partial charge in [0, 0.05) is 11.4 Å². The highest BCUT2D eigenvalue weighted by molar-refractivity contribution is 7.98. The second-order valence-electron chi connectivity index (χ2n) is 7.40. The maximum absolute atomic E-state index is 13.0. The zero-order valence-electron chi connectivity index (χ0n) is 18.7. The minimum absolute atomic E-state index is 0.129. The van der Waals surface area contributed by atoms with Crippen LogP contribution in [0.25, 0.3) is 0 Å². The summed E-state index contributed by atoms with van der Waals surface area (Å²) in [5.74, 6) is 1.63. The summed E-state index contributed by atoms with van der Waals surface area (Å²) in [4.78, 5) is 17.7. The first-order valence-corrected chi connectivity index (χ1v) is 11.7. The molecule has 1 aromatic heterocycles. The smallest absolute Gasteiger partial charge is 0.338 e. The molecule has 3 aromatic rings. The lowest BCUT2D eigenvalue weighted by Crippen LogP contribution is -2.29. The van der Waals surface area contributed by atoms with Gasteiger partial charge >= 0.3 is 5.97 Å². The Labute approximate surface area is 197 Å². The van der Waals surface area contributed by atoms with Crippen molar-refractivity contribution in [2.24, 2.45) is 0 Å². The normalized spacial score (nSPS) is 14.9. The van der Waals surface area contributed by atoms with Crippen molar-refractivity contribution in [3.63, 3.8) is 0 Å². The number of esters is 1. The van der Waals surface area contributed by atoms with Gasteiger partial charge in [-0.2, -0.15) is 4.98 Å². The van der Waals surface area contributed by atoms with Crippen molar-refractivity contribution in [2.45, 2.75) is 30.8 Å². The summed E-state index contributed by atoms with van der Waals surface area (Å²) in [6.45, 7) is 8.09. The molecule has 1 aliphatic rings. The number of thioether (sulfide) groups is 1. The summed E-state index contributed by atoms with van der Waals surface area (Å²) < 4.78 is 12.8. The van der Waals surface area contributed by atoms with E-state index in [1.165, 1.54) is 5.56 Å². The average Bonchev–Trinajstić information content (AvgIpc) is 3.23. The van der Waals surface area contributed by atoms with Crippen molar-refractivity contribution in [3.05, 3.63) is 89.6 Å². The van der Waals surface area contributed by atoms with Gasteiger partial charge in [-0.25, -0.2) is 9.48 Å². The maximum atomic E-state index is 13.0. The number of carbonyl (C=O) groups is 1. The number of nitrogens with zero attached hydrogens (tertiary/aromatic N) is 3. The summed E-state index contributed by atoms with van der Waals surface area (Å²) in [6.07, 6.45) is 1.55. The van der Waals surface area contributed by atoms with E-state index in [0.29, 0.717) is 29.0 Å². The molecule has 33 heavy (non-hydrogen) atoms. The van der Waals surface area contributed by atoms with Gasteiger partial charge in [-0.1, -0.05) is 66.9 Å². The van der Waals surface area contributed by atoms with Crippen molar-refractivity contribution in [3.8, 4) is 5.75 Å². The molecule has 1 atom stereocenters. The van der Waals surface area contributed by atoms with E-state index in [0.717, 1.165) is 17.1 Å². The number of allylic oxidation sites excluding steroid dienone is 1. The standard InChI is InChI=1S/C25H26N4O3S/c1-4-14-32-23(30)21-17(3)26-24-27-25(33-16-18-10-7-6-8-11-18)28-29(24)22(21)19-12-9-13-20(15-19)31-5-2/h4,6-13,15,22H,1,5,14,16H2,2-3H3,(H,26,27,28). The van der Waals surface area contributed by atoms with Gasteiger partial charge in [0.1, 0.15) is 18.4 Å². The van der Waals surface area contributed by atoms with E-state index >= 15 is 0 Å². The van der Waals surface area contributed by atoms with E-state index in [-0.39, 0.29) is 6.61 Å². The quantitative estimate of drug-likeness (QED) is 0.273. The Kier molecular flexibility index (Phi) is 7.14. The molecule has 0 spiro atoms. The third kappa shape index (κ3) is 5.12. The zero-order chi connectivity index (χ0) is 23.2. The van der Waals surface area contributed by atoms with E-state index in [9.17, 15) is 4.79 Å². The largest absolute Gasteiger partial charge is 0.494 e. The van der Waals surface area contributed by atoms with Crippen molar-refractivity contribution in [1.29, 1.82) is 0 Å². The van der Waals surface area contributed by atoms with Gasteiger partial charge in [-0.3, -0.25) is 0 Å². The molecule has 0 fully saturated rings. The molecular formula is C25H26N4O3S. The van der Waals surface area contributed by atoms with Crippen LogP contribution in [0.15, 0.2) is 83.7 Å². The Hall–Kier alpha value is -3.52. The van der Waals surface area contributed by atoms with Crippen LogP contribution in [0.1, 0.15) is 31.0 Å². The number of aromatic nitrogens is 3. The molecule has 7 nitrogen and oxygen atoms in total. The molecule has 0 radical (unpaired) electrons. The molecule has 0 aliphatic carbocycles. The first-order valence-electron chi connectivity index (χ1n) is 10.7. The second-order valence-corrected chi connectivity index (χ2v) is 8.34. The van der Waals surface area contributed by atoms with Gasteiger partial charge in [0.2, 0.25) is 11.1 Å². The predicted molar refractivity (Wildman–Crippen MR) is 129 cm³/mol. The van der Waals surface area contributed by atoms with E-state index in [1.54, 1.807) is 22.5 Å². The molecule has 170 valence electrons. The molecule has 1 unspecified atom stereocenters. The third-order valence-corrected chi connectivity index (χ3v) is 5.99. The van der Waals surface area contributed by atoms with Crippen LogP contribution < -0.4 is 10.1 Å². The first kappa shape index (κ1) is 22.7. The van der Waals surface area contributed by atoms with Crippen LogP contribution in [-0.4, -0.2) is 33.9 Å². The number of nitrogens with one attached hydrogen (secondary N) is 1. The minimum Gasteiger partial charge on any atom is -0.494 e. The van der Waals surface area contributed by atoms with Crippen molar-refractivity contribution in [2.75, 3.05) is 18.5 Å². The molecule has 1 N–H and O–H groups in total. The van der Waals surface area contributed by atoms with Crippen LogP contribution in [0, 0.1) is 0 Å². The fraction of sp³-hybridized carbons (Fsp3) is 0.240. The van der Waals surface area contributed by atoms with Gasteiger partial charge in [-0.05, 0) is 37.1 Å². The summed E-state index contributed by atoms with van der Waals surface area (Å²) in [7, 11) is 0. The van der Waals surface area contributed by atoms with Gasteiger partial charge in [0.05, 0.1) is 12.2 Å². The van der Waals surface area contributed by atoms with Gasteiger partial charge in [0.25, 0.3) is 0 Å². The summed E-state index contributed by atoms with van der Waals surface area (Å²) in [5, 5.41) is 8.60. The number of fused-ring (bicyclic) bond motifs is 1. The highest BCUT2D eigenvalue weighted by Crippen LogP contribution is 2.38.